The van der Waals surface area contributed by atoms with E-state index in [1.165, 1.54) is 36.9 Å². The quantitative estimate of drug-likeness (QED) is 0.211. The van der Waals surface area contributed by atoms with Crippen molar-refractivity contribution < 1.29 is 0 Å². The first kappa shape index (κ1) is 19.4. The molecule has 0 unspecified atom stereocenters. The Morgan fingerprint density at radius 3 is 2.42 bits per heavy atom. The summed E-state index contributed by atoms with van der Waals surface area (Å²) in [4.78, 5) is 9.20. The van der Waals surface area contributed by atoms with Crippen molar-refractivity contribution in [3.63, 3.8) is 0 Å². The number of aryl methyl sites for hydroxylation is 1. The summed E-state index contributed by atoms with van der Waals surface area (Å²) >= 11 is 1.79. The van der Waals surface area contributed by atoms with E-state index in [1.54, 1.807) is 11.3 Å². The average Bonchev–Trinajstić information content (AvgIpc) is 3.19. The Kier molecular flexibility index (Phi) is 5.19. The third-order valence-electron chi connectivity index (χ3n) is 5.47. The highest BCUT2D eigenvalue weighted by Crippen LogP contribution is 2.39. The van der Waals surface area contributed by atoms with Gasteiger partial charge in [-0.15, -0.1) is 11.3 Å². The Bertz CT molecular complexity index is 1430. The van der Waals surface area contributed by atoms with Crippen LogP contribution in [-0.2, 0) is 6.54 Å². The van der Waals surface area contributed by atoms with Crippen LogP contribution in [0, 0.1) is 6.92 Å². The summed E-state index contributed by atoms with van der Waals surface area (Å²) in [5, 5.41) is 2.51. The molecule has 150 valence electrons. The van der Waals surface area contributed by atoms with Gasteiger partial charge in [-0.2, -0.15) is 0 Å². The minimum atomic E-state index is 0.580. The number of nitrogens with zero attached hydrogens (tertiary/aromatic N) is 2. The number of fused-ring (bicyclic) bond motifs is 3. The van der Waals surface area contributed by atoms with Crippen molar-refractivity contribution >= 4 is 44.1 Å². The smallest absolute Gasteiger partial charge is 0.155 e. The normalized spacial score (nSPS) is 11.8. The summed E-state index contributed by atoms with van der Waals surface area (Å²) in [6.07, 6.45) is 0. The van der Waals surface area contributed by atoms with Gasteiger partial charge in [0, 0.05) is 25.7 Å². The van der Waals surface area contributed by atoms with Gasteiger partial charge in [0.15, 0.2) is 5.84 Å². The van der Waals surface area contributed by atoms with Gasteiger partial charge in [0.2, 0.25) is 0 Å². The third-order valence-corrected chi connectivity index (χ3v) is 6.69. The molecule has 0 fully saturated rings. The zero-order chi connectivity index (χ0) is 21.2. The maximum Gasteiger partial charge on any atom is 0.155 e. The molecular weight excluding hydrogens is 396 g/mol. The molecule has 5 aromatic rings. The minimum absolute atomic E-state index is 0.580. The van der Waals surface area contributed by atoms with Gasteiger partial charge in [-0.05, 0) is 48.5 Å². The molecule has 5 rings (SSSR count). The molecule has 0 radical (unpaired) electrons. The second-order valence-electron chi connectivity index (χ2n) is 7.65. The molecule has 0 saturated carbocycles. The first-order chi connectivity index (χ1) is 15.2. The minimum Gasteiger partial charge on any atom is -0.261 e. The predicted molar refractivity (Wildman–Crippen MR) is 136 cm³/mol. The highest BCUT2D eigenvalue weighted by Gasteiger charge is 2.15. The molecule has 3 heteroatoms. The fourth-order valence-corrected chi connectivity index (χ4v) is 5.15. The van der Waals surface area contributed by atoms with Gasteiger partial charge in [0.25, 0.3) is 0 Å². The van der Waals surface area contributed by atoms with Gasteiger partial charge in [0.05, 0.1) is 6.54 Å². The lowest BCUT2D eigenvalue weighted by atomic mass is 9.98. The fourth-order valence-electron chi connectivity index (χ4n) is 3.95. The molecule has 0 atom stereocenters. The van der Waals surface area contributed by atoms with Crippen molar-refractivity contribution in [1.82, 2.24) is 0 Å². The number of aliphatic imine (C=N–C) groups is 2. The number of thiophene rings is 1. The number of hydrogen-bond donors (Lipinski definition) is 0. The Hall–Kier alpha value is -3.56. The van der Waals surface area contributed by atoms with E-state index >= 15 is 0 Å². The van der Waals surface area contributed by atoms with E-state index in [0.29, 0.717) is 12.4 Å². The molecule has 0 aliphatic rings. The van der Waals surface area contributed by atoms with Crippen LogP contribution in [0.5, 0.6) is 0 Å². The summed E-state index contributed by atoms with van der Waals surface area (Å²) < 4.78 is 2.48. The molecule has 2 nitrogen and oxygen atoms in total. The SMILES string of the molecule is C=N/C(=N\Cc1ccccc1)c1cc(-c2cccc(C)c2)cc2c1sc1ccccc12. The zero-order valence-electron chi connectivity index (χ0n) is 17.4. The first-order valence-corrected chi connectivity index (χ1v) is 11.1. The lowest BCUT2D eigenvalue weighted by Crippen LogP contribution is -1.99. The van der Waals surface area contributed by atoms with Crippen molar-refractivity contribution in [3.8, 4) is 11.1 Å². The second kappa shape index (κ2) is 8.29. The summed E-state index contributed by atoms with van der Waals surface area (Å²) in [5.74, 6) is 0.690. The van der Waals surface area contributed by atoms with Crippen LogP contribution in [0.2, 0.25) is 0 Å². The van der Waals surface area contributed by atoms with Crippen LogP contribution in [0.25, 0.3) is 31.3 Å². The Morgan fingerprint density at radius 2 is 1.61 bits per heavy atom. The summed E-state index contributed by atoms with van der Waals surface area (Å²) in [5.41, 5.74) is 5.82. The number of benzene rings is 4. The van der Waals surface area contributed by atoms with Crippen LogP contribution in [0.1, 0.15) is 16.7 Å². The molecule has 0 amide bonds. The maximum atomic E-state index is 4.85. The largest absolute Gasteiger partial charge is 0.261 e. The van der Waals surface area contributed by atoms with Crippen LogP contribution < -0.4 is 0 Å². The van der Waals surface area contributed by atoms with Gasteiger partial charge in [0.1, 0.15) is 0 Å². The van der Waals surface area contributed by atoms with Crippen molar-refractivity contribution in [2.75, 3.05) is 0 Å². The van der Waals surface area contributed by atoms with E-state index in [1.807, 2.05) is 18.2 Å². The molecule has 1 aromatic heterocycles. The highest BCUT2D eigenvalue weighted by molar-refractivity contribution is 7.26. The van der Waals surface area contributed by atoms with Crippen molar-refractivity contribution in [3.05, 3.63) is 108 Å². The molecule has 31 heavy (non-hydrogen) atoms. The Balaban J connectivity index is 1.74. The fraction of sp³-hybridized carbons (Fsp3) is 0.0714. The number of amidine groups is 1. The molecule has 4 aromatic carbocycles. The molecular formula is C28H22N2S. The lowest BCUT2D eigenvalue weighted by Gasteiger charge is -2.09. The van der Waals surface area contributed by atoms with E-state index < -0.39 is 0 Å². The maximum absolute atomic E-state index is 4.85. The predicted octanol–water partition coefficient (Wildman–Crippen LogP) is 7.68. The van der Waals surface area contributed by atoms with Crippen molar-refractivity contribution in [1.29, 1.82) is 0 Å². The van der Waals surface area contributed by atoms with Gasteiger partial charge in [-0.1, -0.05) is 78.4 Å². The van der Waals surface area contributed by atoms with Crippen LogP contribution in [-0.4, -0.2) is 12.6 Å². The second-order valence-corrected chi connectivity index (χ2v) is 8.70. The van der Waals surface area contributed by atoms with E-state index in [2.05, 4.69) is 91.4 Å². The highest BCUT2D eigenvalue weighted by atomic mass is 32.1. The van der Waals surface area contributed by atoms with Crippen LogP contribution >= 0.6 is 11.3 Å². The van der Waals surface area contributed by atoms with E-state index in [-0.39, 0.29) is 0 Å². The topological polar surface area (TPSA) is 24.7 Å². The number of rotatable bonds is 4. The lowest BCUT2D eigenvalue weighted by molar-refractivity contribution is 1.06. The molecule has 0 bridgehead atoms. The summed E-state index contributed by atoms with van der Waals surface area (Å²) in [7, 11) is 0. The van der Waals surface area contributed by atoms with Crippen molar-refractivity contribution in [2.24, 2.45) is 9.98 Å². The van der Waals surface area contributed by atoms with Gasteiger partial charge in [-0.25, -0.2) is 4.99 Å². The molecule has 0 aliphatic carbocycles. The van der Waals surface area contributed by atoms with Crippen molar-refractivity contribution in [2.45, 2.75) is 13.5 Å². The monoisotopic (exact) mass is 418 g/mol. The molecule has 1 heterocycles. The van der Waals surface area contributed by atoms with E-state index in [9.17, 15) is 0 Å². The van der Waals surface area contributed by atoms with E-state index in [0.717, 1.165) is 11.1 Å². The summed E-state index contributed by atoms with van der Waals surface area (Å²) in [6.45, 7) is 6.56. The molecule has 0 saturated heterocycles. The van der Waals surface area contributed by atoms with Crippen LogP contribution in [0.15, 0.2) is 101 Å². The third kappa shape index (κ3) is 3.80. The first-order valence-electron chi connectivity index (χ1n) is 10.3. The Labute approximate surface area is 186 Å². The molecule has 0 N–H and O–H groups in total. The van der Waals surface area contributed by atoms with Crippen LogP contribution in [0.4, 0.5) is 0 Å². The number of hydrogen-bond acceptors (Lipinski definition) is 2. The van der Waals surface area contributed by atoms with Gasteiger partial charge >= 0.3 is 0 Å². The molecule has 0 spiro atoms. The molecule has 0 aliphatic heterocycles. The zero-order valence-corrected chi connectivity index (χ0v) is 18.2. The summed E-state index contributed by atoms with van der Waals surface area (Å²) in [6, 6.07) is 32.0. The average molecular weight is 419 g/mol. The van der Waals surface area contributed by atoms with Crippen LogP contribution in [0.3, 0.4) is 0 Å². The Morgan fingerprint density at radius 1 is 0.806 bits per heavy atom. The van der Waals surface area contributed by atoms with Gasteiger partial charge in [-0.3, -0.25) is 4.99 Å². The van der Waals surface area contributed by atoms with E-state index in [4.69, 9.17) is 4.99 Å². The standard InChI is InChI=1S/C28H22N2S/c1-19-9-8-12-21(15-19)22-16-24-23-13-6-7-14-26(23)31-27(24)25(17-22)28(29-2)30-18-20-10-4-3-5-11-20/h3-17H,2,18H2,1H3/b30-28-. The van der Waals surface area contributed by atoms with Gasteiger partial charge < -0.3 is 0 Å².